The average Bonchev–Trinajstić information content (AvgIpc) is 2.62. The van der Waals surface area contributed by atoms with Gasteiger partial charge in [0.25, 0.3) is 0 Å². The first-order chi connectivity index (χ1) is 6.59. The molecule has 2 rings (SSSR count). The van der Waals surface area contributed by atoms with Crippen molar-refractivity contribution in [1.82, 2.24) is 10.6 Å². The molecule has 1 heterocycles. The molecule has 1 atom stereocenters. The topological polar surface area (TPSA) is 41.1 Å². The van der Waals surface area contributed by atoms with E-state index in [0.717, 1.165) is 12.5 Å². The maximum atomic E-state index is 11.5. The Hall–Kier alpha value is -0.570. The number of hydrogen-bond acceptors (Lipinski definition) is 2. The Bertz CT molecular complexity index is 231. The van der Waals surface area contributed by atoms with Gasteiger partial charge in [0.2, 0.25) is 5.91 Å². The maximum absolute atomic E-state index is 11.5. The molecule has 1 amide bonds. The third-order valence-corrected chi connectivity index (χ3v) is 3.57. The summed E-state index contributed by atoms with van der Waals surface area (Å²) in [4.78, 5) is 11.5. The lowest BCUT2D eigenvalue weighted by atomic mass is 9.91. The van der Waals surface area contributed by atoms with Crippen molar-refractivity contribution in [3.8, 4) is 0 Å². The normalized spacial score (nSPS) is 33.0. The number of hydrogen-bond donors (Lipinski definition) is 2. The molecule has 1 aliphatic carbocycles. The van der Waals surface area contributed by atoms with Crippen LogP contribution in [-0.4, -0.2) is 24.0 Å². The zero-order chi connectivity index (χ0) is 10.2. The van der Waals surface area contributed by atoms with Crippen molar-refractivity contribution < 1.29 is 4.79 Å². The zero-order valence-electron chi connectivity index (χ0n) is 9.10. The van der Waals surface area contributed by atoms with Crippen LogP contribution in [0.4, 0.5) is 0 Å². The van der Waals surface area contributed by atoms with Gasteiger partial charge in [-0.2, -0.15) is 0 Å². The van der Waals surface area contributed by atoms with Gasteiger partial charge in [-0.05, 0) is 32.6 Å². The minimum Gasteiger partial charge on any atom is -0.353 e. The van der Waals surface area contributed by atoms with E-state index in [4.69, 9.17) is 0 Å². The monoisotopic (exact) mass is 196 g/mol. The molecule has 3 nitrogen and oxygen atoms in total. The maximum Gasteiger partial charge on any atom is 0.239 e. The Morgan fingerprint density at radius 1 is 1.29 bits per heavy atom. The highest BCUT2D eigenvalue weighted by molar-refractivity contribution is 5.86. The van der Waals surface area contributed by atoms with Crippen LogP contribution in [0.3, 0.4) is 0 Å². The molecule has 2 N–H and O–H groups in total. The van der Waals surface area contributed by atoms with Crippen LogP contribution in [0.5, 0.6) is 0 Å². The van der Waals surface area contributed by atoms with E-state index in [-0.39, 0.29) is 11.4 Å². The lowest BCUT2D eigenvalue weighted by molar-refractivity contribution is -0.129. The molecule has 0 aromatic carbocycles. The smallest absolute Gasteiger partial charge is 0.239 e. The van der Waals surface area contributed by atoms with Crippen LogP contribution < -0.4 is 10.6 Å². The second kappa shape index (κ2) is 3.54. The quantitative estimate of drug-likeness (QED) is 0.658. The van der Waals surface area contributed by atoms with Crippen LogP contribution >= 0.6 is 0 Å². The van der Waals surface area contributed by atoms with E-state index in [0.29, 0.717) is 6.04 Å². The molecular weight excluding hydrogens is 176 g/mol. The summed E-state index contributed by atoms with van der Waals surface area (Å²) in [5, 5.41) is 6.47. The predicted molar refractivity (Wildman–Crippen MR) is 56.0 cm³/mol. The van der Waals surface area contributed by atoms with Gasteiger partial charge in [0, 0.05) is 12.6 Å². The SMILES string of the molecule is CC1(C)NC(C2CCCC2)CNC1=O. The molecule has 1 saturated carbocycles. The van der Waals surface area contributed by atoms with Crippen molar-refractivity contribution in [1.29, 1.82) is 0 Å². The fraction of sp³-hybridized carbons (Fsp3) is 0.909. The van der Waals surface area contributed by atoms with Crippen LogP contribution in [0.2, 0.25) is 0 Å². The fourth-order valence-electron chi connectivity index (χ4n) is 2.65. The molecule has 0 bridgehead atoms. The molecule has 0 aromatic rings. The summed E-state index contributed by atoms with van der Waals surface area (Å²) in [5.41, 5.74) is -0.383. The summed E-state index contributed by atoms with van der Waals surface area (Å²) in [7, 11) is 0. The molecule has 0 radical (unpaired) electrons. The van der Waals surface area contributed by atoms with Gasteiger partial charge >= 0.3 is 0 Å². The summed E-state index contributed by atoms with van der Waals surface area (Å²) in [6.07, 6.45) is 5.36. The Kier molecular flexibility index (Phi) is 2.52. The average molecular weight is 196 g/mol. The highest BCUT2D eigenvalue weighted by Gasteiger charge is 2.38. The van der Waals surface area contributed by atoms with Gasteiger partial charge in [0.15, 0.2) is 0 Å². The van der Waals surface area contributed by atoms with Crippen LogP contribution in [0.15, 0.2) is 0 Å². The van der Waals surface area contributed by atoms with Gasteiger partial charge < -0.3 is 5.32 Å². The molecule has 14 heavy (non-hydrogen) atoms. The number of carbonyl (C=O) groups excluding carboxylic acids is 1. The zero-order valence-corrected chi connectivity index (χ0v) is 9.10. The molecule has 1 saturated heterocycles. The minimum atomic E-state index is -0.383. The van der Waals surface area contributed by atoms with Crippen LogP contribution in [0.25, 0.3) is 0 Å². The summed E-state index contributed by atoms with van der Waals surface area (Å²) in [6.45, 7) is 4.74. The summed E-state index contributed by atoms with van der Waals surface area (Å²) in [5.74, 6) is 0.904. The van der Waals surface area contributed by atoms with Crippen LogP contribution in [0, 0.1) is 5.92 Å². The molecule has 0 aromatic heterocycles. The number of amides is 1. The van der Waals surface area contributed by atoms with Crippen molar-refractivity contribution in [2.75, 3.05) is 6.54 Å². The fourth-order valence-corrected chi connectivity index (χ4v) is 2.65. The summed E-state index contributed by atoms with van der Waals surface area (Å²) < 4.78 is 0. The first kappa shape index (κ1) is 9.97. The lowest BCUT2D eigenvalue weighted by Crippen LogP contribution is -2.65. The molecule has 80 valence electrons. The third kappa shape index (κ3) is 1.78. The Morgan fingerprint density at radius 2 is 1.93 bits per heavy atom. The Morgan fingerprint density at radius 3 is 2.50 bits per heavy atom. The second-order valence-corrected chi connectivity index (χ2v) is 5.13. The van der Waals surface area contributed by atoms with E-state index in [1.54, 1.807) is 0 Å². The number of piperazine rings is 1. The van der Waals surface area contributed by atoms with Gasteiger partial charge in [0.1, 0.15) is 0 Å². The summed E-state index contributed by atoms with van der Waals surface area (Å²) in [6, 6.07) is 0.491. The van der Waals surface area contributed by atoms with Gasteiger partial charge in [-0.3, -0.25) is 10.1 Å². The summed E-state index contributed by atoms with van der Waals surface area (Å²) >= 11 is 0. The molecule has 3 heteroatoms. The minimum absolute atomic E-state index is 0.131. The largest absolute Gasteiger partial charge is 0.353 e. The van der Waals surface area contributed by atoms with E-state index >= 15 is 0 Å². The number of carbonyl (C=O) groups is 1. The molecule has 1 unspecified atom stereocenters. The Balaban J connectivity index is 1.99. The van der Waals surface area contributed by atoms with E-state index in [1.165, 1.54) is 25.7 Å². The molecular formula is C11H20N2O. The molecule has 2 aliphatic rings. The van der Waals surface area contributed by atoms with Gasteiger partial charge in [-0.25, -0.2) is 0 Å². The van der Waals surface area contributed by atoms with Crippen molar-refractivity contribution in [2.45, 2.75) is 51.1 Å². The third-order valence-electron chi connectivity index (χ3n) is 3.57. The van der Waals surface area contributed by atoms with Crippen molar-refractivity contribution >= 4 is 5.91 Å². The van der Waals surface area contributed by atoms with Crippen LogP contribution in [-0.2, 0) is 4.79 Å². The molecule has 0 spiro atoms. The lowest BCUT2D eigenvalue weighted by Gasteiger charge is -2.39. The standard InChI is InChI=1S/C11H20N2O/c1-11(2)10(14)12-7-9(13-11)8-5-3-4-6-8/h8-9,13H,3-7H2,1-2H3,(H,12,14). The molecule has 2 fully saturated rings. The van der Waals surface area contributed by atoms with Crippen LogP contribution in [0.1, 0.15) is 39.5 Å². The number of rotatable bonds is 1. The second-order valence-electron chi connectivity index (χ2n) is 5.13. The van der Waals surface area contributed by atoms with E-state index in [9.17, 15) is 4.79 Å². The van der Waals surface area contributed by atoms with Gasteiger partial charge in [-0.15, -0.1) is 0 Å². The van der Waals surface area contributed by atoms with Crippen molar-refractivity contribution in [3.63, 3.8) is 0 Å². The van der Waals surface area contributed by atoms with Gasteiger partial charge in [0.05, 0.1) is 5.54 Å². The highest BCUT2D eigenvalue weighted by Crippen LogP contribution is 2.29. The number of nitrogens with one attached hydrogen (secondary N) is 2. The van der Waals surface area contributed by atoms with E-state index < -0.39 is 0 Å². The van der Waals surface area contributed by atoms with E-state index in [1.807, 2.05) is 13.8 Å². The highest BCUT2D eigenvalue weighted by atomic mass is 16.2. The Labute approximate surface area is 85.6 Å². The molecule has 1 aliphatic heterocycles. The first-order valence-electron chi connectivity index (χ1n) is 5.65. The van der Waals surface area contributed by atoms with E-state index in [2.05, 4.69) is 10.6 Å². The van der Waals surface area contributed by atoms with Crippen molar-refractivity contribution in [3.05, 3.63) is 0 Å². The van der Waals surface area contributed by atoms with Gasteiger partial charge in [-0.1, -0.05) is 12.8 Å². The van der Waals surface area contributed by atoms with Crippen molar-refractivity contribution in [2.24, 2.45) is 5.92 Å². The predicted octanol–water partition coefficient (Wildman–Crippen LogP) is 1.04. The first-order valence-corrected chi connectivity index (χ1v) is 5.65.